The maximum atomic E-state index is 6.07. The lowest BCUT2D eigenvalue weighted by Gasteiger charge is -2.36. The molecule has 2 N–H and O–H groups in total. The highest BCUT2D eigenvalue weighted by Crippen LogP contribution is 2.25. The normalized spacial score (nSPS) is 15.0. The fraction of sp³-hybridized carbons (Fsp3) is 0.800. The molecular formula is C15H30N4O. The van der Waals surface area contributed by atoms with Crippen LogP contribution >= 0.6 is 0 Å². The van der Waals surface area contributed by atoms with E-state index >= 15 is 0 Å². The van der Waals surface area contributed by atoms with Gasteiger partial charge in [-0.15, -0.1) is 0 Å². The monoisotopic (exact) mass is 282 g/mol. The van der Waals surface area contributed by atoms with Gasteiger partial charge in [-0.1, -0.05) is 6.92 Å². The summed E-state index contributed by atoms with van der Waals surface area (Å²) in [5, 5.41) is 0. The summed E-state index contributed by atoms with van der Waals surface area (Å²) in [4.78, 5) is 6.74. The molecule has 2 atom stereocenters. The third-order valence-electron chi connectivity index (χ3n) is 3.93. The number of methoxy groups -OCH3 is 1. The molecule has 0 amide bonds. The molecular weight excluding hydrogens is 252 g/mol. The Kier molecular flexibility index (Phi) is 7.19. The largest absolute Gasteiger partial charge is 0.383 e. The maximum absolute atomic E-state index is 6.07. The molecule has 0 bridgehead atoms. The van der Waals surface area contributed by atoms with Gasteiger partial charge in [-0.2, -0.15) is 0 Å². The van der Waals surface area contributed by atoms with Gasteiger partial charge in [-0.3, -0.25) is 4.90 Å². The molecule has 0 saturated carbocycles. The first-order valence-corrected chi connectivity index (χ1v) is 7.53. The predicted octanol–water partition coefficient (Wildman–Crippen LogP) is 2.21. The number of ether oxygens (including phenoxy) is 1. The van der Waals surface area contributed by atoms with Gasteiger partial charge in [-0.05, 0) is 27.2 Å². The van der Waals surface area contributed by atoms with Crippen molar-refractivity contribution in [1.82, 2.24) is 14.5 Å². The van der Waals surface area contributed by atoms with Gasteiger partial charge in [0, 0.05) is 38.5 Å². The minimum atomic E-state index is 0.185. The van der Waals surface area contributed by atoms with Crippen molar-refractivity contribution in [3.8, 4) is 0 Å². The summed E-state index contributed by atoms with van der Waals surface area (Å²) in [7, 11) is 1.74. The van der Waals surface area contributed by atoms with Crippen molar-refractivity contribution in [2.24, 2.45) is 5.73 Å². The second kappa shape index (κ2) is 8.39. The van der Waals surface area contributed by atoms with Crippen LogP contribution < -0.4 is 5.73 Å². The van der Waals surface area contributed by atoms with Gasteiger partial charge in [-0.25, -0.2) is 4.98 Å². The van der Waals surface area contributed by atoms with Crippen LogP contribution in [-0.2, 0) is 4.74 Å². The van der Waals surface area contributed by atoms with Crippen LogP contribution in [-0.4, -0.2) is 47.3 Å². The summed E-state index contributed by atoms with van der Waals surface area (Å²) in [6.07, 6.45) is 4.93. The Morgan fingerprint density at radius 3 is 2.60 bits per heavy atom. The third kappa shape index (κ3) is 4.04. The minimum absolute atomic E-state index is 0.185. The fourth-order valence-corrected chi connectivity index (χ4v) is 2.55. The smallest absolute Gasteiger partial charge is 0.0951 e. The van der Waals surface area contributed by atoms with E-state index in [1.165, 1.54) is 5.69 Å². The molecule has 0 aliphatic carbocycles. The summed E-state index contributed by atoms with van der Waals surface area (Å²) >= 11 is 0. The molecule has 5 heteroatoms. The molecule has 1 aromatic rings. The molecule has 5 nitrogen and oxygen atoms in total. The van der Waals surface area contributed by atoms with Crippen LogP contribution in [0.3, 0.4) is 0 Å². The molecule has 116 valence electrons. The zero-order chi connectivity index (χ0) is 15.1. The quantitative estimate of drug-likeness (QED) is 0.754. The van der Waals surface area contributed by atoms with Gasteiger partial charge in [0.15, 0.2) is 0 Å². The minimum Gasteiger partial charge on any atom is -0.383 e. The zero-order valence-electron chi connectivity index (χ0n) is 13.5. The Bertz CT molecular complexity index is 378. The van der Waals surface area contributed by atoms with E-state index in [2.05, 4.69) is 42.1 Å². The maximum Gasteiger partial charge on any atom is 0.0951 e. The van der Waals surface area contributed by atoms with E-state index in [4.69, 9.17) is 10.5 Å². The second-order valence-electron chi connectivity index (χ2n) is 5.56. The summed E-state index contributed by atoms with van der Waals surface area (Å²) in [5.74, 6) is 0. The van der Waals surface area contributed by atoms with E-state index in [-0.39, 0.29) is 6.04 Å². The molecule has 0 radical (unpaired) electrons. The van der Waals surface area contributed by atoms with Gasteiger partial charge in [0.1, 0.15) is 0 Å². The average molecular weight is 282 g/mol. The SMILES string of the molecule is CCC(C)N(CCOC)C(CN)c1cncn1C(C)C. The molecule has 0 fully saturated rings. The van der Waals surface area contributed by atoms with Gasteiger partial charge >= 0.3 is 0 Å². The lowest BCUT2D eigenvalue weighted by Crippen LogP contribution is -2.42. The number of rotatable bonds is 9. The van der Waals surface area contributed by atoms with Crippen molar-refractivity contribution in [1.29, 1.82) is 0 Å². The number of aromatic nitrogens is 2. The third-order valence-corrected chi connectivity index (χ3v) is 3.93. The number of hydrogen-bond donors (Lipinski definition) is 1. The first kappa shape index (κ1) is 17.1. The van der Waals surface area contributed by atoms with Gasteiger partial charge < -0.3 is 15.0 Å². The average Bonchev–Trinajstić information content (AvgIpc) is 2.91. The lowest BCUT2D eigenvalue weighted by atomic mass is 10.1. The van der Waals surface area contributed by atoms with Crippen LogP contribution in [0.1, 0.15) is 51.9 Å². The molecule has 20 heavy (non-hydrogen) atoms. The Labute approximate surface area is 123 Å². The van der Waals surface area contributed by atoms with Crippen molar-refractivity contribution in [2.45, 2.75) is 52.2 Å². The van der Waals surface area contributed by atoms with Gasteiger partial charge in [0.25, 0.3) is 0 Å². The molecule has 1 rings (SSSR count). The van der Waals surface area contributed by atoms with E-state index in [1.54, 1.807) is 7.11 Å². The Morgan fingerprint density at radius 1 is 1.40 bits per heavy atom. The highest BCUT2D eigenvalue weighted by molar-refractivity contribution is 5.08. The molecule has 1 heterocycles. The van der Waals surface area contributed by atoms with Crippen molar-refractivity contribution in [3.05, 3.63) is 18.2 Å². The highest BCUT2D eigenvalue weighted by Gasteiger charge is 2.26. The van der Waals surface area contributed by atoms with Crippen LogP contribution in [0.5, 0.6) is 0 Å². The summed E-state index contributed by atoms with van der Waals surface area (Å²) in [5.41, 5.74) is 7.27. The molecule has 0 aromatic carbocycles. The van der Waals surface area contributed by atoms with E-state index in [9.17, 15) is 0 Å². The summed E-state index contributed by atoms with van der Waals surface area (Å²) in [6, 6.07) is 1.04. The highest BCUT2D eigenvalue weighted by atomic mass is 16.5. The van der Waals surface area contributed by atoms with E-state index < -0.39 is 0 Å². The zero-order valence-corrected chi connectivity index (χ0v) is 13.5. The van der Waals surface area contributed by atoms with Crippen molar-refractivity contribution >= 4 is 0 Å². The first-order chi connectivity index (χ1) is 9.56. The molecule has 0 aliphatic rings. The topological polar surface area (TPSA) is 56.3 Å². The van der Waals surface area contributed by atoms with Crippen LogP contribution in [0.2, 0.25) is 0 Å². The molecule has 0 aliphatic heterocycles. The van der Waals surface area contributed by atoms with E-state index in [0.29, 0.717) is 18.6 Å². The molecule has 2 unspecified atom stereocenters. The fourth-order valence-electron chi connectivity index (χ4n) is 2.55. The van der Waals surface area contributed by atoms with Crippen LogP contribution in [0, 0.1) is 0 Å². The Hall–Kier alpha value is -0.910. The van der Waals surface area contributed by atoms with Crippen molar-refractivity contribution in [2.75, 3.05) is 26.8 Å². The van der Waals surface area contributed by atoms with E-state index in [1.807, 2.05) is 12.5 Å². The first-order valence-electron chi connectivity index (χ1n) is 7.53. The van der Waals surface area contributed by atoms with Gasteiger partial charge in [0.05, 0.1) is 24.7 Å². The standard InChI is InChI=1S/C15H30N4O/c1-6-13(4)18(7-8-20-5)14(9-16)15-10-17-11-19(15)12(2)3/h10-14H,6-9,16H2,1-5H3. The number of nitrogens with zero attached hydrogens (tertiary/aromatic N) is 3. The Morgan fingerprint density at radius 2 is 2.10 bits per heavy atom. The van der Waals surface area contributed by atoms with Crippen molar-refractivity contribution < 1.29 is 4.74 Å². The number of imidazole rings is 1. The summed E-state index contributed by atoms with van der Waals surface area (Å²) in [6.45, 7) is 11.0. The molecule has 1 aromatic heterocycles. The number of hydrogen-bond acceptors (Lipinski definition) is 4. The van der Waals surface area contributed by atoms with Crippen LogP contribution in [0.15, 0.2) is 12.5 Å². The second-order valence-corrected chi connectivity index (χ2v) is 5.56. The van der Waals surface area contributed by atoms with Crippen molar-refractivity contribution in [3.63, 3.8) is 0 Å². The molecule has 0 saturated heterocycles. The predicted molar refractivity (Wildman–Crippen MR) is 82.7 cm³/mol. The van der Waals surface area contributed by atoms with Gasteiger partial charge in [0.2, 0.25) is 0 Å². The lowest BCUT2D eigenvalue weighted by molar-refractivity contribution is 0.0868. The molecule has 0 spiro atoms. The number of nitrogens with two attached hydrogens (primary N) is 1. The van der Waals surface area contributed by atoms with E-state index in [0.717, 1.165) is 19.6 Å². The van der Waals surface area contributed by atoms with Crippen LogP contribution in [0.4, 0.5) is 0 Å². The Balaban J connectivity index is 3.02. The summed E-state index contributed by atoms with van der Waals surface area (Å²) < 4.78 is 7.46. The van der Waals surface area contributed by atoms with Crippen LogP contribution in [0.25, 0.3) is 0 Å².